The Balaban J connectivity index is 0.00000152. The minimum absolute atomic E-state index is 0. The van der Waals surface area contributed by atoms with Gasteiger partial charge >= 0.3 is 207 Å². The largest absolute Gasteiger partial charge is 0.147 e. The molecule has 0 fully saturated rings. The van der Waals surface area contributed by atoms with Crippen LogP contribution in [-0.2, 0) is 30.2 Å². The first-order chi connectivity index (χ1) is 16.7. The molecular formula is C32H32Cl2SiZr. The third-order valence-corrected chi connectivity index (χ3v) is 34.5. The van der Waals surface area contributed by atoms with Crippen LogP contribution in [-0.4, -0.2) is 6.88 Å². The number of allylic oxidation sites excluding steroid dienone is 4. The fourth-order valence-electron chi connectivity index (χ4n) is 6.70. The molecule has 6 rings (SSSR count). The maximum absolute atomic E-state index is 4.25. The predicted molar refractivity (Wildman–Crippen MR) is 161 cm³/mol. The first-order valence-corrected chi connectivity index (χ1v) is 23.2. The van der Waals surface area contributed by atoms with Crippen molar-refractivity contribution < 1.29 is 17.4 Å². The van der Waals surface area contributed by atoms with Crippen LogP contribution in [0.5, 0.6) is 0 Å². The molecule has 0 saturated carbocycles. The van der Waals surface area contributed by atoms with Gasteiger partial charge in [0, 0.05) is 0 Å². The minimum atomic E-state index is -4.25. The third kappa shape index (κ3) is 3.72. The van der Waals surface area contributed by atoms with Crippen molar-refractivity contribution in [2.45, 2.75) is 26.2 Å². The molecule has 2 aliphatic rings. The average Bonchev–Trinajstić information content (AvgIpc) is 3.58. The van der Waals surface area contributed by atoms with E-state index in [1.807, 2.05) is 0 Å². The van der Waals surface area contributed by atoms with E-state index in [0.717, 1.165) is 19.3 Å². The number of fused-ring (bicyclic) bond motifs is 3. The molecule has 0 saturated heterocycles. The van der Waals surface area contributed by atoms with Gasteiger partial charge in [-0.15, -0.1) is 24.8 Å². The van der Waals surface area contributed by atoms with Gasteiger partial charge in [-0.3, -0.25) is 0 Å². The summed E-state index contributed by atoms with van der Waals surface area (Å²) >= 11 is -4.25. The summed E-state index contributed by atoms with van der Waals surface area (Å²) in [5.74, 6) is 0. The molecule has 0 aromatic heterocycles. The number of hydrogen-bond donors (Lipinski definition) is 0. The van der Waals surface area contributed by atoms with E-state index >= 15 is 0 Å². The Morgan fingerprint density at radius 2 is 1.33 bits per heavy atom. The predicted octanol–water partition coefficient (Wildman–Crippen LogP) is 6.02. The molecule has 0 amide bonds. The van der Waals surface area contributed by atoms with E-state index in [1.165, 1.54) is 22.3 Å². The van der Waals surface area contributed by atoms with Crippen molar-refractivity contribution >= 4 is 41.5 Å². The second kappa shape index (κ2) is 10.4. The molecule has 0 nitrogen and oxygen atoms in total. The van der Waals surface area contributed by atoms with E-state index in [2.05, 4.69) is 129 Å². The van der Waals surface area contributed by atoms with Crippen LogP contribution in [0.25, 0.3) is 11.1 Å². The first kappa shape index (κ1) is 27.1. The normalized spacial score (nSPS) is 13.8. The Morgan fingerprint density at radius 3 is 1.92 bits per heavy atom. The van der Waals surface area contributed by atoms with Gasteiger partial charge in [0.2, 0.25) is 0 Å². The zero-order valence-electron chi connectivity index (χ0n) is 20.6. The molecule has 0 heterocycles. The second-order valence-electron chi connectivity index (χ2n) is 9.83. The summed E-state index contributed by atoms with van der Waals surface area (Å²) in [6.07, 6.45) is 10.3. The minimum Gasteiger partial charge on any atom is -0.147 e. The average molecular weight is 607 g/mol. The van der Waals surface area contributed by atoms with Gasteiger partial charge in [-0.1, -0.05) is 0 Å². The van der Waals surface area contributed by atoms with E-state index in [0.29, 0.717) is 0 Å². The standard InChI is InChI=1S/C15H13.2C6H5.C5H5.2ClH.H2Si.Zr/c1-2-11-7-8-15-13(9-11)10-12-5-3-4-6-14(12)15;2*1-2-4-6-5-3-1;1-2-4-5-3-1;;;;/h3-8H,2,10H2,1H3;2*1-5H;1-3H,4H2;2*1H;1H2;. The Kier molecular flexibility index (Phi) is 7.84. The van der Waals surface area contributed by atoms with Crippen molar-refractivity contribution in [1.82, 2.24) is 0 Å². The molecule has 0 spiro atoms. The molecule has 0 radical (unpaired) electrons. The van der Waals surface area contributed by atoms with Crippen molar-refractivity contribution in [2.75, 3.05) is 0 Å². The zero-order chi connectivity index (χ0) is 23.2. The second-order valence-corrected chi connectivity index (χ2v) is 31.0. The Morgan fingerprint density at radius 1 is 0.722 bits per heavy atom. The molecule has 4 heteroatoms. The van der Waals surface area contributed by atoms with Crippen LogP contribution in [0.2, 0.25) is 0 Å². The molecule has 0 aliphatic heterocycles. The first-order valence-electron chi connectivity index (χ1n) is 12.4. The summed E-state index contributed by atoms with van der Waals surface area (Å²) in [6, 6.07) is 37.0. The van der Waals surface area contributed by atoms with Gasteiger partial charge < -0.3 is 0 Å². The van der Waals surface area contributed by atoms with Gasteiger partial charge in [0.15, 0.2) is 0 Å². The van der Waals surface area contributed by atoms with Crippen LogP contribution in [0.15, 0.2) is 119 Å². The van der Waals surface area contributed by atoms with Crippen molar-refractivity contribution in [2.24, 2.45) is 0 Å². The maximum atomic E-state index is 2.47. The van der Waals surface area contributed by atoms with Crippen LogP contribution in [0.1, 0.15) is 30.0 Å². The molecule has 182 valence electrons. The van der Waals surface area contributed by atoms with E-state index in [9.17, 15) is 0 Å². The van der Waals surface area contributed by atoms with Crippen LogP contribution in [0, 0.1) is 0 Å². The maximum Gasteiger partial charge on any atom is -0.147 e. The van der Waals surface area contributed by atoms with Crippen molar-refractivity contribution in [3.05, 3.63) is 135 Å². The third-order valence-electron chi connectivity index (χ3n) is 8.31. The van der Waals surface area contributed by atoms with Crippen molar-refractivity contribution in [3.8, 4) is 11.1 Å². The van der Waals surface area contributed by atoms with Crippen LogP contribution < -0.4 is 9.81 Å². The van der Waals surface area contributed by atoms with E-state index in [4.69, 9.17) is 0 Å². The van der Waals surface area contributed by atoms with Crippen molar-refractivity contribution in [3.63, 3.8) is 0 Å². The smallest absolute Gasteiger partial charge is 0.147 e. The van der Waals surface area contributed by atoms with Gasteiger partial charge in [-0.2, -0.15) is 0 Å². The quantitative estimate of drug-likeness (QED) is 0.215. The van der Waals surface area contributed by atoms with Gasteiger partial charge in [0.05, 0.1) is 0 Å². The van der Waals surface area contributed by atoms with Crippen LogP contribution in [0.4, 0.5) is 0 Å². The molecule has 4 aromatic carbocycles. The summed E-state index contributed by atoms with van der Waals surface area (Å²) in [4.78, 5) is 0. The fourth-order valence-corrected chi connectivity index (χ4v) is 30.2. The summed E-state index contributed by atoms with van der Waals surface area (Å²) in [7, 11) is 0. The Labute approximate surface area is 229 Å². The summed E-state index contributed by atoms with van der Waals surface area (Å²) in [6.45, 7) is 4.74. The summed E-state index contributed by atoms with van der Waals surface area (Å²) in [5, 5.41) is 0. The van der Waals surface area contributed by atoms with Gasteiger partial charge in [0.1, 0.15) is 0 Å². The van der Waals surface area contributed by atoms with Gasteiger partial charge in [0.25, 0.3) is 0 Å². The topological polar surface area (TPSA) is 0 Å². The molecule has 4 aromatic rings. The monoisotopic (exact) mass is 604 g/mol. The molecule has 0 N–H and O–H groups in total. The Hall–Kier alpha value is -1.96. The van der Waals surface area contributed by atoms with Crippen LogP contribution >= 0.6 is 24.8 Å². The number of aryl methyl sites for hydroxylation is 1. The molecule has 0 bridgehead atoms. The fraction of sp³-hybridized carbons (Fsp3) is 0.125. The van der Waals surface area contributed by atoms with Gasteiger partial charge in [-0.25, -0.2) is 0 Å². The van der Waals surface area contributed by atoms with E-state index in [1.54, 1.807) is 18.7 Å². The Bertz CT molecular complexity index is 1490. The summed E-state index contributed by atoms with van der Waals surface area (Å²) < 4.78 is 6.48. The van der Waals surface area contributed by atoms with E-state index < -0.39 is 17.4 Å². The summed E-state index contributed by atoms with van der Waals surface area (Å²) in [5.41, 5.74) is 7.47. The number of halogens is 2. The van der Waals surface area contributed by atoms with Crippen molar-refractivity contribution in [1.29, 1.82) is 0 Å². The zero-order valence-corrected chi connectivity index (χ0v) is 26.1. The molecule has 0 atom stereocenters. The molecule has 36 heavy (non-hydrogen) atoms. The molecule has 2 aliphatic carbocycles. The van der Waals surface area contributed by atoms with Crippen LogP contribution in [0.3, 0.4) is 0 Å². The SMILES string of the molecule is CCc1ccc2c([c]1[Zr](=[SiH2])([C]1=CC=CC1)([c]1ccccc1)[c]1ccccc1)Cc1ccccc1-2.Cl.Cl. The molecular weight excluding hydrogens is 575 g/mol. The number of rotatable bonds is 5. The number of benzene rings is 4. The molecule has 0 unspecified atom stereocenters. The van der Waals surface area contributed by atoms with Gasteiger partial charge in [-0.05, 0) is 0 Å². The number of hydrogen-bond acceptors (Lipinski definition) is 0. The van der Waals surface area contributed by atoms with E-state index in [-0.39, 0.29) is 24.8 Å².